The smallest absolute Gasteiger partial charge is 0.263 e. The lowest BCUT2D eigenvalue weighted by Gasteiger charge is -2.64. The quantitative estimate of drug-likeness (QED) is 0.0550. The summed E-state index contributed by atoms with van der Waals surface area (Å²) in [5.74, 6) is -11.5. The largest absolute Gasteiger partial charge is 0.315 e. The van der Waals surface area contributed by atoms with Crippen molar-refractivity contribution in [1.29, 1.82) is 0 Å². The van der Waals surface area contributed by atoms with Gasteiger partial charge in [-0.1, -0.05) is 73.5 Å². The second-order valence-electron chi connectivity index (χ2n) is 19.5. The highest BCUT2D eigenvalue weighted by molar-refractivity contribution is 6.19. The van der Waals surface area contributed by atoms with E-state index in [0.717, 1.165) is 34.8 Å². The summed E-state index contributed by atoms with van der Waals surface area (Å²) in [6.07, 6.45) is 8.55. The first-order valence-electron chi connectivity index (χ1n) is 22.4. The number of fused-ring (bicyclic) bond motifs is 10. The van der Waals surface area contributed by atoms with Gasteiger partial charge in [-0.25, -0.2) is 26.3 Å². The summed E-state index contributed by atoms with van der Waals surface area (Å²) in [4.78, 5) is 29.8. The summed E-state index contributed by atoms with van der Waals surface area (Å²) in [7, 11) is 0. The van der Waals surface area contributed by atoms with Gasteiger partial charge in [0.15, 0.2) is 29.5 Å². The van der Waals surface area contributed by atoms with Crippen LogP contribution in [0, 0.1) is 57.9 Å². The first kappa shape index (κ1) is 41.0. The van der Waals surface area contributed by atoms with Crippen molar-refractivity contribution in [3.05, 3.63) is 126 Å². The van der Waals surface area contributed by atoms with Crippen molar-refractivity contribution in [1.82, 2.24) is 9.20 Å². The van der Waals surface area contributed by atoms with Crippen molar-refractivity contribution in [3.8, 4) is 0 Å². The van der Waals surface area contributed by atoms with Crippen molar-refractivity contribution in [3.63, 3.8) is 0 Å². The average molecular weight is 875 g/mol. The Bertz CT molecular complexity index is 3820. The average Bonchev–Trinajstić information content (AvgIpc) is 3.88. The fraction of sp³-hybridized carbons (Fsp3) is 0.385. The minimum absolute atomic E-state index is 0.00818. The fourth-order valence-electron chi connectivity index (χ4n) is 13.8. The topological polar surface area (TPSA) is 53.5 Å². The van der Waals surface area contributed by atoms with Gasteiger partial charge < -0.3 is 0 Å². The maximum Gasteiger partial charge on any atom is 0.315 e. The van der Waals surface area contributed by atoms with E-state index in [2.05, 4.69) is 46.8 Å². The second-order valence-corrected chi connectivity index (χ2v) is 19.5. The minimum atomic E-state index is -2.22. The molecular formula is C52H48F6N4O2+2. The number of nitrogens with zero attached hydrogens (tertiary/aromatic N) is 4. The Morgan fingerprint density at radius 1 is 0.703 bits per heavy atom. The van der Waals surface area contributed by atoms with Gasteiger partial charge in [-0.3, -0.25) is 9.59 Å². The van der Waals surface area contributed by atoms with Crippen LogP contribution in [-0.4, -0.2) is 9.20 Å². The predicted octanol–water partition coefficient (Wildman–Crippen LogP) is 9.51. The van der Waals surface area contributed by atoms with Crippen LogP contribution in [0.1, 0.15) is 112 Å². The first-order chi connectivity index (χ1) is 30.4. The Balaban J connectivity index is 1.14. The zero-order valence-electron chi connectivity index (χ0n) is 37.3. The minimum Gasteiger partial charge on any atom is -0.263 e. The maximum absolute atomic E-state index is 16.6. The molecule has 0 saturated heterocycles. The van der Waals surface area contributed by atoms with E-state index in [1.54, 1.807) is 28.3 Å². The Hall–Kier alpha value is -5.78. The van der Waals surface area contributed by atoms with Gasteiger partial charge in [0.2, 0.25) is 17.2 Å². The molecule has 6 unspecified atom stereocenters. The van der Waals surface area contributed by atoms with E-state index in [0.29, 0.717) is 40.0 Å². The zero-order chi connectivity index (χ0) is 45.6. The third-order valence-corrected chi connectivity index (χ3v) is 17.8. The monoisotopic (exact) mass is 874 g/mol. The standard InChI is InChI=1S/C52H48F6N4O2/c1-10-26-35(41(54)39-38(40(26)53)42(55)44(57)45(58)43(39)56)24(6)21-52(14-5)31-23-60-33-18-17-32-36-27(15-16-28(37(33)36)48(64)62(60)46(31)51(52,9)13-4)47(63)61-34-20-30-29(19-25(34)22-59(32)61)49(7,11-2)50(30,8)12-3/h10,15-20,22-23,31,46H,11-14,21H2,1-9H3/q+2. The number of hydrogen-bond donors (Lipinski definition) is 0. The van der Waals surface area contributed by atoms with E-state index in [4.69, 9.17) is 0 Å². The Morgan fingerprint density at radius 2 is 1.28 bits per heavy atom. The molecule has 4 heterocycles. The summed E-state index contributed by atoms with van der Waals surface area (Å²) >= 11 is 0. The van der Waals surface area contributed by atoms with Crippen molar-refractivity contribution in [2.24, 2.45) is 16.7 Å². The predicted molar refractivity (Wildman–Crippen MR) is 236 cm³/mol. The summed E-state index contributed by atoms with van der Waals surface area (Å²) in [6.45, 7) is 18.3. The molecular weight excluding hydrogens is 827 g/mol. The SMILES string of the molecule is CC=c1c(F)c2c(F)c(F)c(F)c(F)c2c(F)c1=C(C)CC1(CC)C2C=[n+]3c4ccc5c6c(ccc(c(=O)n3C2C1(C)CC)c64)c(=O)n1c2cc3c(cc2c[n+]51)C(C)(CC)C3(C)CC. The van der Waals surface area contributed by atoms with Gasteiger partial charge in [-0.05, 0) is 86.8 Å². The van der Waals surface area contributed by atoms with Crippen LogP contribution in [0.4, 0.5) is 26.3 Å². The van der Waals surface area contributed by atoms with Gasteiger partial charge in [0.1, 0.15) is 23.2 Å². The fourth-order valence-corrected chi connectivity index (χ4v) is 13.8. The molecule has 0 spiro atoms. The van der Waals surface area contributed by atoms with E-state index < -0.39 is 56.5 Å². The zero-order valence-corrected chi connectivity index (χ0v) is 37.3. The van der Waals surface area contributed by atoms with E-state index in [9.17, 15) is 18.0 Å². The van der Waals surface area contributed by atoms with Crippen LogP contribution in [0.2, 0.25) is 0 Å². The highest BCUT2D eigenvalue weighted by atomic mass is 19.2. The van der Waals surface area contributed by atoms with E-state index >= 15 is 18.0 Å². The van der Waals surface area contributed by atoms with Gasteiger partial charge in [0.05, 0.1) is 43.6 Å². The number of rotatable bonds is 6. The molecule has 12 heteroatoms. The highest BCUT2D eigenvalue weighted by Gasteiger charge is 2.72. The summed E-state index contributed by atoms with van der Waals surface area (Å²) in [5.41, 5.74) is 3.58. The van der Waals surface area contributed by atoms with Crippen LogP contribution in [0.5, 0.6) is 0 Å². The molecule has 1 aliphatic heterocycles. The number of aromatic nitrogens is 4. The third-order valence-electron chi connectivity index (χ3n) is 17.8. The molecule has 6 atom stereocenters. The molecule has 6 nitrogen and oxygen atoms in total. The van der Waals surface area contributed by atoms with Gasteiger partial charge in [0, 0.05) is 38.8 Å². The Labute approximate surface area is 363 Å². The van der Waals surface area contributed by atoms with Crippen LogP contribution in [0.25, 0.3) is 65.9 Å². The third kappa shape index (κ3) is 4.23. The molecule has 2 aliphatic carbocycles. The van der Waals surface area contributed by atoms with Gasteiger partial charge in [0.25, 0.3) is 0 Å². The lowest BCUT2D eigenvalue weighted by Crippen LogP contribution is -2.64. The Kier molecular flexibility index (Phi) is 8.14. The van der Waals surface area contributed by atoms with Gasteiger partial charge >= 0.3 is 11.1 Å². The number of halogens is 6. The van der Waals surface area contributed by atoms with Crippen molar-refractivity contribution in [2.45, 2.75) is 111 Å². The van der Waals surface area contributed by atoms with Crippen molar-refractivity contribution >= 4 is 65.9 Å². The summed E-state index contributed by atoms with van der Waals surface area (Å²) in [5, 5.41) is 0.00770. The molecule has 0 bridgehead atoms. The highest BCUT2D eigenvalue weighted by Crippen LogP contribution is 2.72. The van der Waals surface area contributed by atoms with Gasteiger partial charge in [-0.2, -0.15) is 0 Å². The summed E-state index contributed by atoms with van der Waals surface area (Å²) in [6, 6.07) is 11.6. The molecule has 3 aromatic heterocycles. The van der Waals surface area contributed by atoms with Crippen LogP contribution >= 0.6 is 0 Å². The molecule has 3 aliphatic rings. The molecule has 5 aromatic carbocycles. The van der Waals surface area contributed by atoms with Crippen molar-refractivity contribution < 1.29 is 35.2 Å². The molecule has 8 aromatic rings. The number of hydrogen-bond acceptors (Lipinski definition) is 2. The summed E-state index contributed by atoms with van der Waals surface area (Å²) < 4.78 is 99.2. The molecule has 11 rings (SSSR count). The van der Waals surface area contributed by atoms with E-state index in [1.165, 1.54) is 24.1 Å². The van der Waals surface area contributed by atoms with Crippen LogP contribution in [0.3, 0.4) is 0 Å². The first-order valence-corrected chi connectivity index (χ1v) is 22.4. The second kappa shape index (κ2) is 12.7. The molecule has 0 radical (unpaired) electrons. The molecule has 0 amide bonds. The normalized spacial score (nSPS) is 26.9. The molecule has 0 N–H and O–H groups in total. The number of benzene rings is 5. The van der Waals surface area contributed by atoms with E-state index in [-0.39, 0.29) is 50.8 Å². The van der Waals surface area contributed by atoms with Gasteiger partial charge in [-0.15, -0.1) is 4.68 Å². The van der Waals surface area contributed by atoms with E-state index in [1.807, 2.05) is 47.3 Å². The lowest BCUT2D eigenvalue weighted by molar-refractivity contribution is -0.589. The lowest BCUT2D eigenvalue weighted by atomic mass is 9.38. The molecule has 1 saturated carbocycles. The molecule has 328 valence electrons. The molecule has 64 heavy (non-hydrogen) atoms. The van der Waals surface area contributed by atoms with Crippen LogP contribution < -0.4 is 30.4 Å². The Morgan fingerprint density at radius 3 is 1.88 bits per heavy atom. The van der Waals surface area contributed by atoms with Crippen LogP contribution in [0.15, 0.2) is 52.2 Å². The molecule has 1 fully saturated rings. The van der Waals surface area contributed by atoms with Crippen molar-refractivity contribution in [2.75, 3.05) is 0 Å². The van der Waals surface area contributed by atoms with Crippen LogP contribution in [-0.2, 0) is 10.8 Å². The maximum atomic E-state index is 16.6.